The van der Waals surface area contributed by atoms with Gasteiger partial charge in [-0.2, -0.15) is 5.26 Å². The first kappa shape index (κ1) is 10.7. The number of hydrogen-bond donors (Lipinski definition) is 1. The van der Waals surface area contributed by atoms with Crippen LogP contribution in [0.3, 0.4) is 0 Å². The number of aliphatic hydroxyl groups excluding tert-OH is 1. The molecule has 0 aliphatic carbocycles. The molecule has 5 heteroatoms. The fraction of sp³-hybridized carbons (Fsp3) is 0.222. The Morgan fingerprint density at radius 2 is 1.86 bits per heavy atom. The minimum atomic E-state index is -3.39. The molecular weight excluding hydrogens is 202 g/mol. The van der Waals surface area contributed by atoms with Crippen molar-refractivity contribution in [3.63, 3.8) is 0 Å². The average molecular weight is 211 g/mol. The van der Waals surface area contributed by atoms with Crippen LogP contribution in [0.4, 0.5) is 0 Å². The third-order valence-electron chi connectivity index (χ3n) is 1.70. The molecule has 4 nitrogen and oxygen atoms in total. The largest absolute Gasteiger partial charge is 0.395 e. The topological polar surface area (TPSA) is 78.2 Å². The summed E-state index contributed by atoms with van der Waals surface area (Å²) in [5, 5.41) is 17.0. The highest BCUT2D eigenvalue weighted by Gasteiger charge is 2.12. The quantitative estimate of drug-likeness (QED) is 0.781. The Hall–Kier alpha value is -1.38. The molecule has 0 spiro atoms. The lowest BCUT2D eigenvalue weighted by Crippen LogP contribution is -2.09. The molecule has 0 amide bonds. The second-order valence-corrected chi connectivity index (χ2v) is 4.79. The SMILES string of the molecule is N#Cc1ccc(S(=O)(=O)CCO)cc1. The maximum atomic E-state index is 11.4. The van der Waals surface area contributed by atoms with Gasteiger partial charge in [0.25, 0.3) is 0 Å². The van der Waals surface area contributed by atoms with Crippen molar-refractivity contribution in [2.75, 3.05) is 12.4 Å². The molecule has 0 bridgehead atoms. The molecule has 1 N–H and O–H groups in total. The molecule has 14 heavy (non-hydrogen) atoms. The van der Waals surface area contributed by atoms with Crippen LogP contribution in [0, 0.1) is 11.3 Å². The molecule has 1 aromatic rings. The third kappa shape index (κ3) is 2.31. The smallest absolute Gasteiger partial charge is 0.180 e. The van der Waals surface area contributed by atoms with E-state index in [1.807, 2.05) is 6.07 Å². The normalized spacial score (nSPS) is 10.9. The zero-order valence-electron chi connectivity index (χ0n) is 7.34. The van der Waals surface area contributed by atoms with Crippen LogP contribution in [-0.4, -0.2) is 25.9 Å². The molecular formula is C9H9NO3S. The lowest BCUT2D eigenvalue weighted by molar-refractivity contribution is 0.319. The Morgan fingerprint density at radius 1 is 1.29 bits per heavy atom. The molecule has 0 fully saturated rings. The van der Waals surface area contributed by atoms with Crippen molar-refractivity contribution >= 4 is 9.84 Å². The summed E-state index contributed by atoms with van der Waals surface area (Å²) in [5.74, 6) is -0.293. The molecule has 0 atom stereocenters. The van der Waals surface area contributed by atoms with Crippen LogP contribution in [0.25, 0.3) is 0 Å². The lowest BCUT2D eigenvalue weighted by atomic mass is 10.2. The van der Waals surface area contributed by atoms with Crippen molar-refractivity contribution in [3.05, 3.63) is 29.8 Å². The fourth-order valence-electron chi connectivity index (χ4n) is 0.975. The minimum absolute atomic E-state index is 0.130. The summed E-state index contributed by atoms with van der Waals surface area (Å²) in [6.45, 7) is -0.400. The van der Waals surface area contributed by atoms with Crippen LogP contribution >= 0.6 is 0 Å². The first-order valence-electron chi connectivity index (χ1n) is 3.94. The Balaban J connectivity index is 3.05. The van der Waals surface area contributed by atoms with Crippen molar-refractivity contribution in [3.8, 4) is 6.07 Å². The van der Waals surface area contributed by atoms with Crippen LogP contribution in [0.2, 0.25) is 0 Å². The highest BCUT2D eigenvalue weighted by molar-refractivity contribution is 7.91. The summed E-state index contributed by atoms with van der Waals surface area (Å²) < 4.78 is 22.8. The van der Waals surface area contributed by atoms with E-state index in [1.165, 1.54) is 24.3 Å². The van der Waals surface area contributed by atoms with Crippen LogP contribution in [-0.2, 0) is 9.84 Å². The van der Waals surface area contributed by atoms with Gasteiger partial charge in [-0.1, -0.05) is 0 Å². The second-order valence-electron chi connectivity index (χ2n) is 2.68. The van der Waals surface area contributed by atoms with Gasteiger partial charge in [-0.25, -0.2) is 8.42 Å². The standard InChI is InChI=1S/C9H9NO3S/c10-7-8-1-3-9(4-2-8)14(12,13)6-5-11/h1-4,11H,5-6H2. The molecule has 0 unspecified atom stereocenters. The van der Waals surface area contributed by atoms with Crippen LogP contribution in [0.5, 0.6) is 0 Å². The fourth-order valence-corrected chi connectivity index (χ4v) is 2.00. The van der Waals surface area contributed by atoms with Gasteiger partial charge < -0.3 is 5.11 Å². The molecule has 0 aliphatic rings. The number of hydrogen-bond acceptors (Lipinski definition) is 4. The lowest BCUT2D eigenvalue weighted by Gasteiger charge is -2.01. The molecule has 1 aromatic carbocycles. The van der Waals surface area contributed by atoms with Crippen LogP contribution in [0.1, 0.15) is 5.56 Å². The molecule has 0 radical (unpaired) electrons. The Kier molecular flexibility index (Phi) is 3.23. The second kappa shape index (κ2) is 4.22. The number of nitriles is 1. The van der Waals surface area contributed by atoms with E-state index in [2.05, 4.69) is 0 Å². The molecule has 1 rings (SSSR count). The maximum Gasteiger partial charge on any atom is 0.180 e. The van der Waals surface area contributed by atoms with Crippen molar-refractivity contribution in [2.24, 2.45) is 0 Å². The van der Waals surface area contributed by atoms with E-state index in [-0.39, 0.29) is 10.6 Å². The number of aliphatic hydroxyl groups is 1. The van der Waals surface area contributed by atoms with Gasteiger partial charge in [0.2, 0.25) is 0 Å². The predicted octanol–water partition coefficient (Wildman–Crippen LogP) is 0.324. The highest BCUT2D eigenvalue weighted by Crippen LogP contribution is 2.11. The summed E-state index contributed by atoms with van der Waals surface area (Å²) >= 11 is 0. The summed E-state index contributed by atoms with van der Waals surface area (Å²) in [6, 6.07) is 7.49. The number of benzene rings is 1. The van der Waals surface area contributed by atoms with Crippen LogP contribution < -0.4 is 0 Å². The highest BCUT2D eigenvalue weighted by atomic mass is 32.2. The Bertz CT molecular complexity index is 442. The Morgan fingerprint density at radius 3 is 2.29 bits per heavy atom. The van der Waals surface area contributed by atoms with Gasteiger partial charge >= 0.3 is 0 Å². The van der Waals surface area contributed by atoms with Crippen molar-refractivity contribution in [1.29, 1.82) is 5.26 Å². The van der Waals surface area contributed by atoms with E-state index in [9.17, 15) is 8.42 Å². The number of nitrogens with zero attached hydrogens (tertiary/aromatic N) is 1. The van der Waals surface area contributed by atoms with Crippen molar-refractivity contribution in [1.82, 2.24) is 0 Å². The van der Waals surface area contributed by atoms with E-state index in [0.717, 1.165) is 0 Å². The zero-order chi connectivity index (χ0) is 10.6. The van der Waals surface area contributed by atoms with Crippen molar-refractivity contribution in [2.45, 2.75) is 4.90 Å². The minimum Gasteiger partial charge on any atom is -0.395 e. The molecule has 74 valence electrons. The zero-order valence-corrected chi connectivity index (χ0v) is 8.16. The van der Waals surface area contributed by atoms with Crippen LogP contribution in [0.15, 0.2) is 29.2 Å². The van der Waals surface area contributed by atoms with Gasteiger partial charge in [-0.05, 0) is 24.3 Å². The summed E-state index contributed by atoms with van der Waals surface area (Å²) in [4.78, 5) is 0.130. The Labute approximate surface area is 82.3 Å². The van der Waals surface area contributed by atoms with Gasteiger partial charge in [0.1, 0.15) is 0 Å². The summed E-state index contributed by atoms with van der Waals surface area (Å²) in [6.07, 6.45) is 0. The van der Waals surface area contributed by atoms with Gasteiger partial charge in [0, 0.05) is 0 Å². The molecule has 0 heterocycles. The molecule has 0 saturated carbocycles. The van der Waals surface area contributed by atoms with Gasteiger partial charge in [0.05, 0.1) is 28.9 Å². The van der Waals surface area contributed by atoms with E-state index in [1.54, 1.807) is 0 Å². The van der Waals surface area contributed by atoms with E-state index < -0.39 is 16.4 Å². The maximum absolute atomic E-state index is 11.4. The third-order valence-corrected chi connectivity index (χ3v) is 3.41. The van der Waals surface area contributed by atoms with E-state index in [0.29, 0.717) is 5.56 Å². The molecule has 0 aromatic heterocycles. The molecule has 0 aliphatic heterocycles. The average Bonchev–Trinajstić information content (AvgIpc) is 2.18. The number of rotatable bonds is 3. The summed E-state index contributed by atoms with van der Waals surface area (Å²) in [5.41, 5.74) is 0.410. The first-order valence-corrected chi connectivity index (χ1v) is 5.59. The monoisotopic (exact) mass is 211 g/mol. The van der Waals surface area contributed by atoms with Gasteiger partial charge in [-0.3, -0.25) is 0 Å². The number of sulfone groups is 1. The van der Waals surface area contributed by atoms with Gasteiger partial charge in [0.15, 0.2) is 9.84 Å². The summed E-state index contributed by atoms with van der Waals surface area (Å²) in [7, 11) is -3.39. The first-order chi connectivity index (χ1) is 6.60. The van der Waals surface area contributed by atoms with E-state index >= 15 is 0 Å². The van der Waals surface area contributed by atoms with E-state index in [4.69, 9.17) is 10.4 Å². The van der Waals surface area contributed by atoms with Crippen molar-refractivity contribution < 1.29 is 13.5 Å². The molecule has 0 saturated heterocycles. The van der Waals surface area contributed by atoms with Gasteiger partial charge in [-0.15, -0.1) is 0 Å². The predicted molar refractivity (Wildman–Crippen MR) is 50.3 cm³/mol.